The normalized spacial score (nSPS) is 37.9. The first-order chi connectivity index (χ1) is 16.6. The molecule has 0 aliphatic carbocycles. The maximum atomic E-state index is 12.4. The minimum absolute atomic E-state index is 0.319. The maximum Gasteiger partial charge on any atom is 0.333 e. The number of phenols is 2. The Kier molecular flexibility index (Phi) is 9.00. The van der Waals surface area contributed by atoms with Crippen LogP contribution in [-0.4, -0.2) is 127 Å². The van der Waals surface area contributed by atoms with Crippen LogP contribution in [0.25, 0.3) is 6.08 Å². The smallest absolute Gasteiger partial charge is 0.333 e. The van der Waals surface area contributed by atoms with E-state index in [1.165, 1.54) is 24.3 Å². The Labute approximate surface area is 198 Å². The van der Waals surface area contributed by atoms with E-state index in [1.54, 1.807) is 0 Å². The summed E-state index contributed by atoms with van der Waals surface area (Å²) in [6, 6.07) is 3.75. The topological polar surface area (TPSA) is 236 Å². The highest BCUT2D eigenvalue weighted by Gasteiger charge is 2.51. The van der Waals surface area contributed by atoms with E-state index in [4.69, 9.17) is 18.9 Å². The van der Waals surface area contributed by atoms with Gasteiger partial charge in [0.15, 0.2) is 23.9 Å². The van der Waals surface area contributed by atoms with Gasteiger partial charge in [-0.05, 0) is 23.8 Å². The van der Waals surface area contributed by atoms with Crippen molar-refractivity contribution in [3.63, 3.8) is 0 Å². The molecule has 1 aromatic rings. The van der Waals surface area contributed by atoms with Gasteiger partial charge in [0.05, 0.1) is 13.2 Å². The van der Waals surface area contributed by atoms with Crippen LogP contribution in [0.15, 0.2) is 24.3 Å². The van der Waals surface area contributed by atoms with Gasteiger partial charge in [-0.15, -0.1) is 0 Å². The summed E-state index contributed by atoms with van der Waals surface area (Å²) in [7, 11) is 0. The van der Waals surface area contributed by atoms with Crippen LogP contribution in [0.2, 0.25) is 0 Å². The van der Waals surface area contributed by atoms with Crippen molar-refractivity contribution in [1.82, 2.24) is 0 Å². The fourth-order valence-electron chi connectivity index (χ4n) is 3.59. The molecule has 10 atom stereocenters. The number of hydrogen-bond donors (Lipinski definition) is 9. The lowest BCUT2D eigenvalue weighted by atomic mass is 9.97. The summed E-state index contributed by atoms with van der Waals surface area (Å²) in [6.07, 6.45) is -14.6. The Morgan fingerprint density at radius 1 is 0.829 bits per heavy atom. The first kappa shape index (κ1) is 27.2. The van der Waals surface area contributed by atoms with Gasteiger partial charge in [0.1, 0.15) is 42.7 Å². The SMILES string of the molecule is O=C(C=Cc1ccc(O)c(O)c1)OC1OC(CO)C(O)C(O)C1OC1OC(CO)C(O)C(O)C1O. The summed E-state index contributed by atoms with van der Waals surface area (Å²) in [5.74, 6) is -1.83. The highest BCUT2D eigenvalue weighted by atomic mass is 16.8. The Morgan fingerprint density at radius 3 is 2.03 bits per heavy atom. The molecule has 10 unspecified atom stereocenters. The molecule has 2 saturated heterocycles. The van der Waals surface area contributed by atoms with Gasteiger partial charge in [0.2, 0.25) is 6.29 Å². The van der Waals surface area contributed by atoms with Gasteiger partial charge >= 0.3 is 5.97 Å². The number of aliphatic hydroxyl groups excluding tert-OH is 7. The van der Waals surface area contributed by atoms with E-state index < -0.39 is 86.3 Å². The molecule has 14 heteroatoms. The number of phenolic OH excluding ortho intramolecular Hbond substituents is 2. The summed E-state index contributed by atoms with van der Waals surface area (Å²) in [5.41, 5.74) is 0.319. The number of aromatic hydroxyl groups is 2. The minimum atomic E-state index is -1.86. The summed E-state index contributed by atoms with van der Waals surface area (Å²) in [4.78, 5) is 12.4. The zero-order valence-corrected chi connectivity index (χ0v) is 18.1. The molecule has 2 aliphatic heterocycles. The molecule has 196 valence electrons. The highest BCUT2D eigenvalue weighted by Crippen LogP contribution is 2.30. The van der Waals surface area contributed by atoms with Crippen molar-refractivity contribution < 1.29 is 69.7 Å². The fraction of sp³-hybridized carbons (Fsp3) is 0.571. The zero-order valence-electron chi connectivity index (χ0n) is 18.1. The van der Waals surface area contributed by atoms with Crippen LogP contribution in [0.4, 0.5) is 0 Å². The summed E-state index contributed by atoms with van der Waals surface area (Å²) in [6.45, 7) is -1.51. The monoisotopic (exact) mass is 504 g/mol. The average molecular weight is 504 g/mol. The van der Waals surface area contributed by atoms with Gasteiger partial charge in [0.25, 0.3) is 0 Å². The number of hydrogen-bond acceptors (Lipinski definition) is 14. The number of rotatable bonds is 7. The molecule has 0 spiro atoms. The molecule has 0 radical (unpaired) electrons. The van der Waals surface area contributed by atoms with Crippen molar-refractivity contribution in [2.45, 2.75) is 61.4 Å². The van der Waals surface area contributed by atoms with Crippen molar-refractivity contribution in [3.8, 4) is 11.5 Å². The van der Waals surface area contributed by atoms with Crippen molar-refractivity contribution in [1.29, 1.82) is 0 Å². The molecule has 9 N–H and O–H groups in total. The number of aliphatic hydroxyl groups is 7. The van der Waals surface area contributed by atoms with Crippen molar-refractivity contribution in [2.24, 2.45) is 0 Å². The van der Waals surface area contributed by atoms with E-state index in [1.807, 2.05) is 0 Å². The Bertz CT molecular complexity index is 891. The highest BCUT2D eigenvalue weighted by molar-refractivity contribution is 5.87. The van der Waals surface area contributed by atoms with Crippen LogP contribution in [0.5, 0.6) is 11.5 Å². The van der Waals surface area contributed by atoms with E-state index in [-0.39, 0.29) is 5.75 Å². The molecule has 0 amide bonds. The second-order valence-corrected chi connectivity index (χ2v) is 8.02. The third-order valence-corrected chi connectivity index (χ3v) is 5.61. The van der Waals surface area contributed by atoms with E-state index in [9.17, 15) is 50.8 Å². The fourth-order valence-corrected chi connectivity index (χ4v) is 3.59. The number of carbonyl (C=O) groups is 1. The molecular formula is C21H28O14. The van der Waals surface area contributed by atoms with Crippen LogP contribution < -0.4 is 0 Å². The molecule has 2 heterocycles. The van der Waals surface area contributed by atoms with Gasteiger partial charge in [-0.3, -0.25) is 0 Å². The number of esters is 1. The molecule has 0 bridgehead atoms. The maximum absolute atomic E-state index is 12.4. The molecule has 0 saturated carbocycles. The zero-order chi connectivity index (χ0) is 25.9. The molecule has 35 heavy (non-hydrogen) atoms. The van der Waals surface area contributed by atoms with Gasteiger partial charge in [-0.1, -0.05) is 6.07 Å². The van der Waals surface area contributed by atoms with Crippen LogP contribution >= 0.6 is 0 Å². The predicted molar refractivity (Wildman–Crippen MR) is 111 cm³/mol. The van der Waals surface area contributed by atoms with E-state index in [0.29, 0.717) is 5.56 Å². The van der Waals surface area contributed by atoms with E-state index in [2.05, 4.69) is 0 Å². The first-order valence-electron chi connectivity index (χ1n) is 10.6. The van der Waals surface area contributed by atoms with Crippen molar-refractivity contribution in [3.05, 3.63) is 29.8 Å². The minimum Gasteiger partial charge on any atom is -0.504 e. The van der Waals surface area contributed by atoms with Gasteiger partial charge < -0.3 is 64.9 Å². The molecule has 3 rings (SSSR count). The lowest BCUT2D eigenvalue weighted by molar-refractivity contribution is -0.362. The molecule has 14 nitrogen and oxygen atoms in total. The Morgan fingerprint density at radius 2 is 1.43 bits per heavy atom. The van der Waals surface area contributed by atoms with Crippen LogP contribution in [0.3, 0.4) is 0 Å². The molecule has 1 aromatic carbocycles. The molecule has 2 aliphatic rings. The van der Waals surface area contributed by atoms with Crippen molar-refractivity contribution in [2.75, 3.05) is 13.2 Å². The Hall–Kier alpha value is -2.37. The van der Waals surface area contributed by atoms with E-state index >= 15 is 0 Å². The summed E-state index contributed by atoms with van der Waals surface area (Å²) in [5, 5.41) is 88.4. The van der Waals surface area contributed by atoms with Crippen LogP contribution in [0.1, 0.15) is 5.56 Å². The second-order valence-electron chi connectivity index (χ2n) is 8.02. The quantitative estimate of drug-likeness (QED) is 0.0986. The lowest BCUT2D eigenvalue weighted by Crippen LogP contribution is -2.64. The van der Waals surface area contributed by atoms with Gasteiger partial charge in [-0.25, -0.2) is 4.79 Å². The number of benzene rings is 1. The van der Waals surface area contributed by atoms with Crippen molar-refractivity contribution >= 4 is 12.0 Å². The first-order valence-corrected chi connectivity index (χ1v) is 10.6. The van der Waals surface area contributed by atoms with Crippen LogP contribution in [-0.2, 0) is 23.7 Å². The number of ether oxygens (including phenoxy) is 4. The largest absolute Gasteiger partial charge is 0.504 e. The summed E-state index contributed by atoms with van der Waals surface area (Å²) < 4.78 is 21.1. The third-order valence-electron chi connectivity index (χ3n) is 5.61. The standard InChI is InChI=1S/C21H28O14/c22-6-11-14(27)16(29)18(31)20(32-11)35-19-17(30)15(28)12(7-23)33-21(19)34-13(26)4-2-8-1-3-9(24)10(25)5-8/h1-5,11-12,14-25,27-31H,6-7H2. The molecular weight excluding hydrogens is 476 g/mol. The lowest BCUT2D eigenvalue weighted by Gasteiger charge is -2.45. The average Bonchev–Trinajstić information content (AvgIpc) is 2.84. The predicted octanol–water partition coefficient (Wildman–Crippen LogP) is -3.72. The van der Waals surface area contributed by atoms with Gasteiger partial charge in [0, 0.05) is 6.08 Å². The Balaban J connectivity index is 1.76. The molecule has 0 aromatic heterocycles. The summed E-state index contributed by atoms with van der Waals surface area (Å²) >= 11 is 0. The third kappa shape index (κ3) is 6.07. The second kappa shape index (κ2) is 11.6. The van der Waals surface area contributed by atoms with Crippen LogP contribution in [0, 0.1) is 0 Å². The molecule has 2 fully saturated rings. The van der Waals surface area contributed by atoms with Gasteiger partial charge in [-0.2, -0.15) is 0 Å². The van der Waals surface area contributed by atoms with E-state index in [0.717, 1.165) is 6.08 Å². The number of carbonyl (C=O) groups excluding carboxylic acids is 1.